The molecule has 1 amide bonds. The van der Waals surface area contributed by atoms with E-state index < -0.39 is 10.0 Å². The third kappa shape index (κ3) is 3.32. The second-order valence-corrected chi connectivity index (χ2v) is 9.37. The standard InChI is InChI=1S/C16H21BrN2O3S/c1-11-9-13-10-14(17)3-4-15(13)19(11)16(20)12-5-7-18(8-6-12)23(2,21)22/h3-4,10-12H,5-9H2,1-2H3. The van der Waals surface area contributed by atoms with Gasteiger partial charge in [0.25, 0.3) is 0 Å². The second kappa shape index (κ2) is 6.18. The zero-order valence-electron chi connectivity index (χ0n) is 13.3. The summed E-state index contributed by atoms with van der Waals surface area (Å²) >= 11 is 3.48. The highest BCUT2D eigenvalue weighted by molar-refractivity contribution is 9.10. The van der Waals surface area contributed by atoms with Gasteiger partial charge in [-0.2, -0.15) is 0 Å². The van der Waals surface area contributed by atoms with Crippen LogP contribution < -0.4 is 4.90 Å². The van der Waals surface area contributed by atoms with Gasteiger partial charge in [0.1, 0.15) is 0 Å². The van der Waals surface area contributed by atoms with Crippen LogP contribution in [0.25, 0.3) is 0 Å². The predicted molar refractivity (Wildman–Crippen MR) is 93.9 cm³/mol. The largest absolute Gasteiger partial charge is 0.309 e. The number of nitrogens with zero attached hydrogens (tertiary/aromatic N) is 2. The minimum absolute atomic E-state index is 0.0925. The normalized spacial score (nSPS) is 23.1. The summed E-state index contributed by atoms with van der Waals surface area (Å²) in [4.78, 5) is 14.9. The van der Waals surface area contributed by atoms with Crippen molar-refractivity contribution in [2.75, 3.05) is 24.2 Å². The SMILES string of the molecule is CC1Cc2cc(Br)ccc2N1C(=O)C1CCN(S(C)(=O)=O)CC1. The van der Waals surface area contributed by atoms with Crippen LogP contribution in [0.4, 0.5) is 5.69 Å². The number of sulfonamides is 1. The summed E-state index contributed by atoms with van der Waals surface area (Å²) in [6.45, 7) is 2.94. The van der Waals surface area contributed by atoms with Gasteiger partial charge in [-0.05, 0) is 49.9 Å². The fraction of sp³-hybridized carbons (Fsp3) is 0.562. The van der Waals surface area contributed by atoms with Crippen molar-refractivity contribution in [1.82, 2.24) is 4.31 Å². The number of hydrogen-bond acceptors (Lipinski definition) is 3. The molecular weight excluding hydrogens is 380 g/mol. The molecule has 3 rings (SSSR count). The van der Waals surface area contributed by atoms with Crippen molar-refractivity contribution >= 4 is 37.5 Å². The van der Waals surface area contributed by atoms with E-state index >= 15 is 0 Å². The summed E-state index contributed by atoms with van der Waals surface area (Å²) in [6.07, 6.45) is 3.29. The molecule has 1 unspecified atom stereocenters. The Morgan fingerprint density at radius 3 is 2.52 bits per heavy atom. The maximum Gasteiger partial charge on any atom is 0.230 e. The summed E-state index contributed by atoms with van der Waals surface area (Å²) in [6, 6.07) is 6.18. The van der Waals surface area contributed by atoms with Gasteiger partial charge in [0.05, 0.1) is 6.26 Å². The van der Waals surface area contributed by atoms with Crippen LogP contribution in [-0.2, 0) is 21.2 Å². The van der Waals surface area contributed by atoms with Crippen molar-refractivity contribution in [3.8, 4) is 0 Å². The van der Waals surface area contributed by atoms with Gasteiger partial charge in [0, 0.05) is 35.2 Å². The highest BCUT2D eigenvalue weighted by atomic mass is 79.9. The summed E-state index contributed by atoms with van der Waals surface area (Å²) < 4.78 is 25.7. The molecule has 2 aliphatic rings. The molecule has 0 bridgehead atoms. The molecule has 2 aliphatic heterocycles. The van der Waals surface area contributed by atoms with E-state index in [9.17, 15) is 13.2 Å². The highest BCUT2D eigenvalue weighted by Gasteiger charge is 2.37. The van der Waals surface area contributed by atoms with Gasteiger partial charge in [0.15, 0.2) is 0 Å². The Balaban J connectivity index is 1.75. The molecule has 126 valence electrons. The molecule has 1 fully saturated rings. The van der Waals surface area contributed by atoms with Gasteiger partial charge in [0.2, 0.25) is 15.9 Å². The minimum Gasteiger partial charge on any atom is -0.309 e. The van der Waals surface area contributed by atoms with Crippen molar-refractivity contribution in [3.63, 3.8) is 0 Å². The zero-order valence-corrected chi connectivity index (χ0v) is 15.7. The molecule has 0 saturated carbocycles. The Morgan fingerprint density at radius 1 is 1.26 bits per heavy atom. The van der Waals surface area contributed by atoms with Crippen LogP contribution in [0.3, 0.4) is 0 Å². The average molecular weight is 401 g/mol. The Hall–Kier alpha value is -0.920. The van der Waals surface area contributed by atoms with Crippen molar-refractivity contribution in [3.05, 3.63) is 28.2 Å². The Kier molecular flexibility index (Phi) is 4.55. The average Bonchev–Trinajstić information content (AvgIpc) is 2.80. The van der Waals surface area contributed by atoms with Crippen molar-refractivity contribution in [1.29, 1.82) is 0 Å². The molecule has 0 aromatic heterocycles. The van der Waals surface area contributed by atoms with E-state index in [2.05, 4.69) is 28.9 Å². The number of amides is 1. The van der Waals surface area contributed by atoms with Crippen LogP contribution >= 0.6 is 15.9 Å². The first-order valence-electron chi connectivity index (χ1n) is 7.84. The van der Waals surface area contributed by atoms with E-state index in [-0.39, 0.29) is 17.9 Å². The maximum atomic E-state index is 13.0. The molecule has 1 saturated heterocycles. The van der Waals surface area contributed by atoms with Gasteiger partial charge in [-0.1, -0.05) is 15.9 Å². The number of piperidine rings is 1. The lowest BCUT2D eigenvalue weighted by Crippen LogP contribution is -2.45. The van der Waals surface area contributed by atoms with Gasteiger partial charge in [-0.3, -0.25) is 4.79 Å². The van der Waals surface area contributed by atoms with E-state index in [1.54, 1.807) is 0 Å². The van der Waals surface area contributed by atoms with Crippen LogP contribution in [0.1, 0.15) is 25.3 Å². The quantitative estimate of drug-likeness (QED) is 0.765. The Bertz CT molecular complexity index is 727. The molecule has 0 spiro atoms. The number of benzene rings is 1. The van der Waals surface area contributed by atoms with E-state index in [1.165, 1.54) is 16.1 Å². The topological polar surface area (TPSA) is 57.7 Å². The number of rotatable bonds is 2. The minimum atomic E-state index is -3.16. The van der Waals surface area contributed by atoms with Crippen molar-refractivity contribution < 1.29 is 13.2 Å². The molecule has 1 atom stereocenters. The second-order valence-electron chi connectivity index (χ2n) is 6.47. The van der Waals surface area contributed by atoms with Crippen molar-refractivity contribution in [2.45, 2.75) is 32.2 Å². The summed E-state index contributed by atoms with van der Waals surface area (Å²) in [7, 11) is -3.16. The summed E-state index contributed by atoms with van der Waals surface area (Å²) in [5.41, 5.74) is 2.19. The van der Waals surface area contributed by atoms with E-state index in [4.69, 9.17) is 0 Å². The number of fused-ring (bicyclic) bond motifs is 1. The first-order valence-corrected chi connectivity index (χ1v) is 10.5. The molecule has 5 nitrogen and oxygen atoms in total. The smallest absolute Gasteiger partial charge is 0.230 e. The number of carbonyl (C=O) groups is 1. The van der Waals surface area contributed by atoms with E-state index in [0.29, 0.717) is 25.9 Å². The first-order chi connectivity index (χ1) is 10.8. The Labute approximate surface area is 145 Å². The van der Waals surface area contributed by atoms with Gasteiger partial charge >= 0.3 is 0 Å². The van der Waals surface area contributed by atoms with Crippen LogP contribution in [0, 0.1) is 5.92 Å². The molecular formula is C16H21BrN2O3S. The van der Waals surface area contributed by atoms with Crippen LogP contribution in [0.15, 0.2) is 22.7 Å². The third-order valence-corrected chi connectivity index (χ3v) is 6.56. The lowest BCUT2D eigenvalue weighted by molar-refractivity contribution is -0.123. The third-order valence-electron chi connectivity index (χ3n) is 4.77. The highest BCUT2D eigenvalue weighted by Crippen LogP contribution is 2.36. The molecule has 1 aromatic carbocycles. The monoisotopic (exact) mass is 400 g/mol. The van der Waals surface area contributed by atoms with Crippen LogP contribution in [-0.4, -0.2) is 44.0 Å². The molecule has 0 radical (unpaired) electrons. The van der Waals surface area contributed by atoms with Gasteiger partial charge in [-0.15, -0.1) is 0 Å². The maximum absolute atomic E-state index is 13.0. The van der Waals surface area contributed by atoms with E-state index in [0.717, 1.165) is 16.6 Å². The van der Waals surface area contributed by atoms with Gasteiger partial charge < -0.3 is 4.90 Å². The molecule has 7 heteroatoms. The number of anilines is 1. The molecule has 1 aromatic rings. The molecule has 23 heavy (non-hydrogen) atoms. The summed E-state index contributed by atoms with van der Waals surface area (Å²) in [5, 5.41) is 0. The lowest BCUT2D eigenvalue weighted by atomic mass is 9.96. The first kappa shape index (κ1) is 16.9. The van der Waals surface area contributed by atoms with Crippen molar-refractivity contribution in [2.24, 2.45) is 5.92 Å². The molecule has 0 N–H and O–H groups in total. The number of carbonyl (C=O) groups excluding carboxylic acids is 1. The van der Waals surface area contributed by atoms with Crippen LogP contribution in [0.5, 0.6) is 0 Å². The molecule has 2 heterocycles. The van der Waals surface area contributed by atoms with E-state index in [1.807, 2.05) is 17.0 Å². The fourth-order valence-electron chi connectivity index (χ4n) is 3.57. The lowest BCUT2D eigenvalue weighted by Gasteiger charge is -2.33. The number of halogens is 1. The zero-order chi connectivity index (χ0) is 16.8. The molecule has 0 aliphatic carbocycles. The summed E-state index contributed by atoms with van der Waals surface area (Å²) in [5.74, 6) is 0.0387. The predicted octanol–water partition coefficient (Wildman–Crippen LogP) is 2.40. The van der Waals surface area contributed by atoms with Crippen LogP contribution in [0.2, 0.25) is 0 Å². The Morgan fingerprint density at radius 2 is 1.91 bits per heavy atom. The fourth-order valence-corrected chi connectivity index (χ4v) is 4.85. The number of hydrogen-bond donors (Lipinski definition) is 0. The van der Waals surface area contributed by atoms with Gasteiger partial charge in [-0.25, -0.2) is 12.7 Å².